The van der Waals surface area contributed by atoms with E-state index in [0.29, 0.717) is 5.56 Å². The minimum atomic E-state index is -0.693. The van der Waals surface area contributed by atoms with Crippen molar-refractivity contribution in [1.29, 1.82) is 0 Å². The molecule has 74 valence electrons. The molecule has 1 aromatic carbocycles. The van der Waals surface area contributed by atoms with E-state index >= 15 is 0 Å². The Balaban J connectivity index is 3.46. The molecule has 0 bridgehead atoms. The van der Waals surface area contributed by atoms with E-state index in [9.17, 15) is 15.2 Å². The number of hydrogen-bond donors (Lipinski definition) is 1. The van der Waals surface area contributed by atoms with Gasteiger partial charge in [0, 0.05) is 5.56 Å². The second-order valence-electron chi connectivity index (χ2n) is 2.52. The lowest BCUT2D eigenvalue weighted by atomic mass is 10.1. The predicted molar refractivity (Wildman–Crippen MR) is 51.4 cm³/mol. The maximum atomic E-state index is 10.6. The summed E-state index contributed by atoms with van der Waals surface area (Å²) in [6.07, 6.45) is 1.34. The van der Waals surface area contributed by atoms with Gasteiger partial charge < -0.3 is 9.84 Å². The number of nitro benzene ring substituents is 1. The van der Waals surface area contributed by atoms with Crippen LogP contribution in [0.3, 0.4) is 0 Å². The lowest BCUT2D eigenvalue weighted by Gasteiger charge is -2.04. The van der Waals surface area contributed by atoms with E-state index in [-0.39, 0.29) is 5.75 Å². The fourth-order valence-electron chi connectivity index (χ4n) is 1.08. The predicted octanol–water partition coefficient (Wildman–Crippen LogP) is 1.95. The van der Waals surface area contributed by atoms with Crippen LogP contribution in [-0.2, 0) is 0 Å². The molecule has 0 saturated heterocycles. The standard InChI is InChI=1S/C9H9NO4/c1-3-6-4-5-7(14-2)8(9(6)11)10(12)13/h3-5,11H,1H2,2H3. The highest BCUT2D eigenvalue weighted by Gasteiger charge is 2.22. The first kappa shape index (κ1) is 10.0. The Morgan fingerprint density at radius 3 is 2.71 bits per heavy atom. The Labute approximate surface area is 80.4 Å². The summed E-state index contributed by atoms with van der Waals surface area (Å²) in [4.78, 5) is 9.91. The first-order valence-corrected chi connectivity index (χ1v) is 3.78. The molecule has 0 heterocycles. The Bertz CT molecular complexity index is 387. The zero-order valence-corrected chi connectivity index (χ0v) is 7.56. The third-order valence-corrected chi connectivity index (χ3v) is 1.77. The SMILES string of the molecule is C=Cc1ccc(OC)c([N+](=O)[O-])c1O. The lowest BCUT2D eigenvalue weighted by molar-refractivity contribution is -0.386. The molecule has 0 radical (unpaired) electrons. The molecule has 0 atom stereocenters. The first-order chi connectivity index (χ1) is 6.61. The number of phenols is 1. The minimum absolute atomic E-state index is 0.0260. The summed E-state index contributed by atoms with van der Waals surface area (Å²) in [7, 11) is 1.30. The topological polar surface area (TPSA) is 72.6 Å². The smallest absolute Gasteiger partial charge is 0.352 e. The highest BCUT2D eigenvalue weighted by Crippen LogP contribution is 2.38. The number of methoxy groups -OCH3 is 1. The number of nitro groups is 1. The van der Waals surface area contributed by atoms with Gasteiger partial charge in [-0.25, -0.2) is 0 Å². The largest absolute Gasteiger partial charge is 0.502 e. The molecule has 0 aromatic heterocycles. The van der Waals surface area contributed by atoms with Crippen LogP contribution in [0.5, 0.6) is 11.5 Å². The summed E-state index contributed by atoms with van der Waals surface area (Å²) in [5.74, 6) is -0.401. The van der Waals surface area contributed by atoms with Crippen LogP contribution in [0.2, 0.25) is 0 Å². The summed E-state index contributed by atoms with van der Waals surface area (Å²) in [5, 5.41) is 20.1. The molecule has 0 unspecified atom stereocenters. The van der Waals surface area contributed by atoms with Gasteiger partial charge in [0.1, 0.15) is 0 Å². The van der Waals surface area contributed by atoms with E-state index in [2.05, 4.69) is 6.58 Å². The molecule has 0 aliphatic carbocycles. The average molecular weight is 195 g/mol. The fraction of sp³-hybridized carbons (Fsp3) is 0.111. The molecule has 0 aliphatic rings. The van der Waals surface area contributed by atoms with E-state index in [1.807, 2.05) is 0 Å². The fourth-order valence-corrected chi connectivity index (χ4v) is 1.08. The van der Waals surface area contributed by atoms with Crippen LogP contribution in [0.15, 0.2) is 18.7 Å². The molecular weight excluding hydrogens is 186 g/mol. The van der Waals surface area contributed by atoms with Gasteiger partial charge in [-0.1, -0.05) is 12.7 Å². The molecule has 5 nitrogen and oxygen atoms in total. The minimum Gasteiger partial charge on any atom is -0.502 e. The van der Waals surface area contributed by atoms with Crippen LogP contribution >= 0.6 is 0 Å². The van der Waals surface area contributed by atoms with Crippen LogP contribution in [0, 0.1) is 10.1 Å². The third-order valence-electron chi connectivity index (χ3n) is 1.77. The molecule has 0 spiro atoms. The van der Waals surface area contributed by atoms with Crippen molar-refractivity contribution in [2.45, 2.75) is 0 Å². The lowest BCUT2D eigenvalue weighted by Crippen LogP contribution is -1.95. The Hall–Kier alpha value is -2.04. The van der Waals surface area contributed by atoms with E-state index in [4.69, 9.17) is 4.74 Å². The zero-order chi connectivity index (χ0) is 10.7. The number of ether oxygens (including phenoxy) is 1. The van der Waals surface area contributed by atoms with E-state index in [1.54, 1.807) is 0 Å². The highest BCUT2D eigenvalue weighted by atomic mass is 16.6. The molecule has 14 heavy (non-hydrogen) atoms. The van der Waals surface area contributed by atoms with E-state index in [1.165, 1.54) is 25.3 Å². The van der Waals surface area contributed by atoms with Gasteiger partial charge in [0.05, 0.1) is 12.0 Å². The number of rotatable bonds is 3. The van der Waals surface area contributed by atoms with E-state index < -0.39 is 16.4 Å². The normalized spacial score (nSPS) is 9.50. The Morgan fingerprint density at radius 2 is 2.29 bits per heavy atom. The monoisotopic (exact) mass is 195 g/mol. The van der Waals surface area contributed by atoms with Crippen molar-refractivity contribution >= 4 is 11.8 Å². The van der Waals surface area contributed by atoms with Gasteiger partial charge in [-0.15, -0.1) is 0 Å². The Morgan fingerprint density at radius 1 is 1.64 bits per heavy atom. The summed E-state index contributed by atoms with van der Waals surface area (Å²) < 4.78 is 4.75. The molecule has 0 amide bonds. The van der Waals surface area contributed by atoms with Crippen LogP contribution in [-0.4, -0.2) is 17.1 Å². The molecule has 1 rings (SSSR count). The number of phenolic OH excluding ortho intramolecular Hbond substituents is 1. The van der Waals surface area contributed by atoms with Gasteiger partial charge >= 0.3 is 5.69 Å². The molecular formula is C9H9NO4. The van der Waals surface area contributed by atoms with Crippen LogP contribution < -0.4 is 4.74 Å². The first-order valence-electron chi connectivity index (χ1n) is 3.78. The van der Waals surface area contributed by atoms with E-state index in [0.717, 1.165) is 0 Å². The van der Waals surface area contributed by atoms with Crippen molar-refractivity contribution in [3.63, 3.8) is 0 Å². The molecule has 0 aliphatic heterocycles. The number of benzene rings is 1. The third kappa shape index (κ3) is 1.52. The van der Waals surface area contributed by atoms with Crippen molar-refractivity contribution in [2.75, 3.05) is 7.11 Å². The quantitative estimate of drug-likeness (QED) is 0.591. The van der Waals surface area contributed by atoms with Gasteiger partial charge in [0.15, 0.2) is 0 Å². The highest BCUT2D eigenvalue weighted by molar-refractivity contribution is 5.68. The van der Waals surface area contributed by atoms with Crippen molar-refractivity contribution in [1.82, 2.24) is 0 Å². The van der Waals surface area contributed by atoms with Crippen molar-refractivity contribution in [3.8, 4) is 11.5 Å². The van der Waals surface area contributed by atoms with Crippen LogP contribution in [0.4, 0.5) is 5.69 Å². The van der Waals surface area contributed by atoms with Crippen LogP contribution in [0.25, 0.3) is 6.08 Å². The molecule has 0 fully saturated rings. The zero-order valence-electron chi connectivity index (χ0n) is 7.56. The molecule has 0 saturated carbocycles. The van der Waals surface area contributed by atoms with Gasteiger partial charge in [-0.2, -0.15) is 0 Å². The van der Waals surface area contributed by atoms with Gasteiger partial charge in [0.25, 0.3) is 0 Å². The van der Waals surface area contributed by atoms with Crippen molar-refractivity contribution < 1.29 is 14.8 Å². The van der Waals surface area contributed by atoms with Gasteiger partial charge in [-0.05, 0) is 12.1 Å². The summed E-state index contributed by atoms with van der Waals surface area (Å²) in [5.41, 5.74) is -0.137. The Kier molecular flexibility index (Phi) is 2.71. The maximum Gasteiger partial charge on any atom is 0.352 e. The van der Waals surface area contributed by atoms with Gasteiger partial charge in [-0.3, -0.25) is 10.1 Å². The second kappa shape index (κ2) is 3.78. The summed E-state index contributed by atoms with van der Waals surface area (Å²) >= 11 is 0. The van der Waals surface area contributed by atoms with Crippen LogP contribution in [0.1, 0.15) is 5.56 Å². The number of nitrogens with zero attached hydrogens (tertiary/aromatic N) is 1. The summed E-state index contributed by atoms with van der Waals surface area (Å²) in [6.45, 7) is 3.42. The van der Waals surface area contributed by atoms with Crippen molar-refractivity contribution in [2.24, 2.45) is 0 Å². The maximum absolute atomic E-state index is 10.6. The number of aromatic hydroxyl groups is 1. The number of hydrogen-bond acceptors (Lipinski definition) is 4. The molecule has 1 aromatic rings. The second-order valence-corrected chi connectivity index (χ2v) is 2.52. The van der Waals surface area contributed by atoms with Gasteiger partial charge in [0.2, 0.25) is 11.5 Å². The molecule has 5 heteroatoms. The molecule has 1 N–H and O–H groups in total. The average Bonchev–Trinajstić information content (AvgIpc) is 2.16. The van der Waals surface area contributed by atoms with Crippen molar-refractivity contribution in [3.05, 3.63) is 34.4 Å². The summed E-state index contributed by atoms with van der Waals surface area (Å²) in [6, 6.07) is 2.91.